The number of hydrogen-bond acceptors (Lipinski definition) is 2. The van der Waals surface area contributed by atoms with Crippen LogP contribution in [-0.2, 0) is 0 Å². The van der Waals surface area contributed by atoms with Crippen LogP contribution in [0.5, 0.6) is 0 Å². The molecule has 1 fully saturated rings. The predicted molar refractivity (Wildman–Crippen MR) is 50.9 cm³/mol. The molecule has 72 valence electrons. The Hall–Kier alpha value is -0.0800. The lowest BCUT2D eigenvalue weighted by atomic mass is 9.76. The molecule has 1 rings (SSSR count). The van der Waals surface area contributed by atoms with Crippen molar-refractivity contribution in [1.29, 1.82) is 0 Å². The predicted octanol–water partition coefficient (Wildman–Crippen LogP) is 1.84. The molecule has 1 saturated carbocycles. The molecule has 0 aromatic heterocycles. The molecule has 0 amide bonds. The minimum absolute atomic E-state index is 0.283. The second-order valence-corrected chi connectivity index (χ2v) is 3.99. The molecule has 0 radical (unpaired) electrons. The molecule has 0 saturated heterocycles. The van der Waals surface area contributed by atoms with Crippen LogP contribution in [0.15, 0.2) is 0 Å². The Morgan fingerprint density at radius 1 is 1.50 bits per heavy atom. The fourth-order valence-electron chi connectivity index (χ4n) is 2.07. The van der Waals surface area contributed by atoms with Gasteiger partial charge in [0, 0.05) is 6.04 Å². The fraction of sp³-hybridized carbons (Fsp3) is 1.00. The summed E-state index contributed by atoms with van der Waals surface area (Å²) in [4.78, 5) is 2.10. The third-order valence-corrected chi connectivity index (χ3v) is 3.15. The lowest BCUT2D eigenvalue weighted by Gasteiger charge is -2.44. The average molecular weight is 171 g/mol. The highest BCUT2D eigenvalue weighted by Gasteiger charge is 2.34. The largest absolute Gasteiger partial charge is 0.379 e. The van der Waals surface area contributed by atoms with E-state index in [-0.39, 0.29) is 6.23 Å². The van der Waals surface area contributed by atoms with E-state index in [0.29, 0.717) is 6.04 Å². The third kappa shape index (κ3) is 1.99. The summed E-state index contributed by atoms with van der Waals surface area (Å²) in [5.74, 6) is 0.842. The van der Waals surface area contributed by atoms with Gasteiger partial charge in [0.25, 0.3) is 0 Å². The number of rotatable bonds is 4. The zero-order valence-corrected chi connectivity index (χ0v) is 8.45. The van der Waals surface area contributed by atoms with Crippen molar-refractivity contribution in [2.45, 2.75) is 51.8 Å². The highest BCUT2D eigenvalue weighted by Crippen LogP contribution is 2.35. The lowest BCUT2D eigenvalue weighted by Crippen LogP contribution is -2.48. The summed E-state index contributed by atoms with van der Waals surface area (Å²) in [5, 5.41) is 9.37. The van der Waals surface area contributed by atoms with E-state index >= 15 is 0 Å². The molecule has 0 spiro atoms. The van der Waals surface area contributed by atoms with Crippen LogP contribution in [0.2, 0.25) is 0 Å². The second-order valence-electron chi connectivity index (χ2n) is 3.99. The summed E-state index contributed by atoms with van der Waals surface area (Å²) in [5.41, 5.74) is 0. The molecule has 0 bridgehead atoms. The molecule has 0 aliphatic heterocycles. The maximum Gasteiger partial charge on any atom is 0.104 e. The number of aliphatic hydroxyl groups is 1. The van der Waals surface area contributed by atoms with Crippen molar-refractivity contribution in [2.24, 2.45) is 5.92 Å². The molecule has 3 unspecified atom stereocenters. The van der Waals surface area contributed by atoms with Gasteiger partial charge in [-0.2, -0.15) is 0 Å². The normalized spacial score (nSPS) is 31.8. The molecule has 0 heterocycles. The standard InChI is InChI=1S/C10H21NO/c1-4-5-9-6-7-10(9)11(3)8(2)12/h8-10,12H,4-7H2,1-3H3. The molecule has 0 aromatic carbocycles. The van der Waals surface area contributed by atoms with Gasteiger partial charge in [-0.05, 0) is 39.2 Å². The van der Waals surface area contributed by atoms with Crippen molar-refractivity contribution in [3.05, 3.63) is 0 Å². The smallest absolute Gasteiger partial charge is 0.104 e. The summed E-state index contributed by atoms with van der Waals surface area (Å²) in [6, 6.07) is 0.643. The van der Waals surface area contributed by atoms with Crippen molar-refractivity contribution in [3.8, 4) is 0 Å². The van der Waals surface area contributed by atoms with E-state index in [4.69, 9.17) is 0 Å². The SMILES string of the molecule is CCCC1CCC1N(C)C(C)O. The zero-order chi connectivity index (χ0) is 9.14. The van der Waals surface area contributed by atoms with Crippen LogP contribution in [-0.4, -0.2) is 29.3 Å². The average Bonchev–Trinajstić information content (AvgIpc) is 1.98. The molecular formula is C10H21NO. The lowest BCUT2D eigenvalue weighted by molar-refractivity contribution is -0.0434. The van der Waals surface area contributed by atoms with Crippen molar-refractivity contribution < 1.29 is 5.11 Å². The number of hydrogen-bond donors (Lipinski definition) is 1. The van der Waals surface area contributed by atoms with E-state index < -0.39 is 0 Å². The summed E-state index contributed by atoms with van der Waals surface area (Å²) >= 11 is 0. The summed E-state index contributed by atoms with van der Waals surface area (Å²) in [6.45, 7) is 4.08. The monoisotopic (exact) mass is 171 g/mol. The van der Waals surface area contributed by atoms with Crippen molar-refractivity contribution in [2.75, 3.05) is 7.05 Å². The van der Waals surface area contributed by atoms with E-state index in [0.717, 1.165) is 5.92 Å². The first-order valence-electron chi connectivity index (χ1n) is 5.06. The van der Waals surface area contributed by atoms with Crippen molar-refractivity contribution in [3.63, 3.8) is 0 Å². The molecule has 1 aliphatic rings. The maximum absolute atomic E-state index is 9.37. The van der Waals surface area contributed by atoms with E-state index in [9.17, 15) is 5.11 Å². The Balaban J connectivity index is 2.32. The van der Waals surface area contributed by atoms with Crippen LogP contribution >= 0.6 is 0 Å². The molecule has 1 N–H and O–H groups in total. The highest BCUT2D eigenvalue weighted by molar-refractivity contribution is 4.87. The van der Waals surface area contributed by atoms with Crippen LogP contribution in [0, 0.1) is 5.92 Å². The Bertz CT molecular complexity index is 136. The summed E-state index contributed by atoms with van der Waals surface area (Å²) in [6.07, 6.45) is 4.94. The first kappa shape index (κ1) is 10.0. The molecule has 12 heavy (non-hydrogen) atoms. The first-order chi connectivity index (χ1) is 5.66. The molecule has 1 aliphatic carbocycles. The second kappa shape index (κ2) is 4.24. The van der Waals surface area contributed by atoms with Crippen LogP contribution in [0.4, 0.5) is 0 Å². The molecule has 3 atom stereocenters. The van der Waals surface area contributed by atoms with Gasteiger partial charge in [0.2, 0.25) is 0 Å². The first-order valence-corrected chi connectivity index (χ1v) is 5.06. The summed E-state index contributed by atoms with van der Waals surface area (Å²) < 4.78 is 0. The quantitative estimate of drug-likeness (QED) is 0.652. The van der Waals surface area contributed by atoms with Gasteiger partial charge < -0.3 is 5.11 Å². The van der Waals surface area contributed by atoms with Crippen LogP contribution in [0.25, 0.3) is 0 Å². The third-order valence-electron chi connectivity index (χ3n) is 3.15. The van der Waals surface area contributed by atoms with E-state index in [1.54, 1.807) is 0 Å². The molecule has 0 aromatic rings. The van der Waals surface area contributed by atoms with Gasteiger partial charge in [0.1, 0.15) is 6.23 Å². The van der Waals surface area contributed by atoms with E-state index in [2.05, 4.69) is 11.8 Å². The van der Waals surface area contributed by atoms with Crippen LogP contribution in [0.3, 0.4) is 0 Å². The van der Waals surface area contributed by atoms with Crippen LogP contribution in [0.1, 0.15) is 39.5 Å². The maximum atomic E-state index is 9.37. The zero-order valence-electron chi connectivity index (χ0n) is 8.45. The van der Waals surface area contributed by atoms with Gasteiger partial charge in [-0.15, -0.1) is 0 Å². The number of aliphatic hydroxyl groups excluding tert-OH is 1. The topological polar surface area (TPSA) is 23.5 Å². The van der Waals surface area contributed by atoms with Crippen molar-refractivity contribution >= 4 is 0 Å². The van der Waals surface area contributed by atoms with Gasteiger partial charge in [-0.1, -0.05) is 13.3 Å². The minimum atomic E-state index is -0.283. The van der Waals surface area contributed by atoms with Gasteiger partial charge in [-0.3, -0.25) is 4.90 Å². The molecule has 2 nitrogen and oxygen atoms in total. The Morgan fingerprint density at radius 3 is 2.50 bits per heavy atom. The van der Waals surface area contributed by atoms with Gasteiger partial charge in [0.15, 0.2) is 0 Å². The molecular weight excluding hydrogens is 150 g/mol. The number of nitrogens with zero attached hydrogens (tertiary/aromatic N) is 1. The highest BCUT2D eigenvalue weighted by atomic mass is 16.3. The molecule has 2 heteroatoms. The fourth-order valence-corrected chi connectivity index (χ4v) is 2.07. The van der Waals surface area contributed by atoms with E-state index in [1.807, 2.05) is 14.0 Å². The summed E-state index contributed by atoms with van der Waals surface area (Å²) in [7, 11) is 2.02. The van der Waals surface area contributed by atoms with Gasteiger partial charge in [0.05, 0.1) is 0 Å². The Labute approximate surface area is 75.6 Å². The van der Waals surface area contributed by atoms with E-state index in [1.165, 1.54) is 25.7 Å². The van der Waals surface area contributed by atoms with Crippen molar-refractivity contribution in [1.82, 2.24) is 4.90 Å². The Kier molecular flexibility index (Phi) is 3.53. The van der Waals surface area contributed by atoms with Crippen LogP contribution < -0.4 is 0 Å². The minimum Gasteiger partial charge on any atom is -0.379 e. The van der Waals surface area contributed by atoms with Gasteiger partial charge in [-0.25, -0.2) is 0 Å². The van der Waals surface area contributed by atoms with Gasteiger partial charge >= 0.3 is 0 Å². The Morgan fingerprint density at radius 2 is 2.17 bits per heavy atom.